The highest BCUT2D eigenvalue weighted by Crippen LogP contribution is 2.35. The monoisotopic (exact) mass is 263 g/mol. The third-order valence-electron chi connectivity index (χ3n) is 4.35. The van der Waals surface area contributed by atoms with Crippen LogP contribution in [0.1, 0.15) is 35.6 Å². The van der Waals surface area contributed by atoms with Crippen molar-refractivity contribution in [2.45, 2.75) is 44.2 Å². The lowest BCUT2D eigenvalue weighted by molar-refractivity contribution is 0.0329. The highest BCUT2D eigenvalue weighted by Gasteiger charge is 2.33. The van der Waals surface area contributed by atoms with Gasteiger partial charge in [0, 0.05) is 23.4 Å². The second-order valence-corrected chi connectivity index (χ2v) is 6.47. The van der Waals surface area contributed by atoms with Gasteiger partial charge < -0.3 is 5.11 Å². The van der Waals surface area contributed by atoms with Gasteiger partial charge in [0.15, 0.2) is 0 Å². The first-order valence-corrected chi connectivity index (χ1v) is 7.75. The lowest BCUT2D eigenvalue weighted by atomic mass is 9.90. The SMILES string of the molecule is Cc1ccsc1[C@@H]1CCN(C2CC=CC2)C[C@H]1O. The van der Waals surface area contributed by atoms with E-state index in [2.05, 4.69) is 35.4 Å². The zero-order chi connectivity index (χ0) is 12.5. The molecule has 98 valence electrons. The van der Waals surface area contributed by atoms with E-state index in [0.717, 1.165) is 32.4 Å². The van der Waals surface area contributed by atoms with E-state index in [9.17, 15) is 5.11 Å². The third-order valence-corrected chi connectivity index (χ3v) is 5.50. The van der Waals surface area contributed by atoms with Crippen LogP contribution in [0.4, 0.5) is 0 Å². The summed E-state index contributed by atoms with van der Waals surface area (Å²) in [6.07, 6.45) is 7.76. The summed E-state index contributed by atoms with van der Waals surface area (Å²) in [5.74, 6) is 0.357. The van der Waals surface area contributed by atoms with E-state index in [1.165, 1.54) is 10.4 Å². The minimum atomic E-state index is -0.198. The van der Waals surface area contributed by atoms with E-state index in [-0.39, 0.29) is 6.10 Å². The summed E-state index contributed by atoms with van der Waals surface area (Å²) in [5, 5.41) is 12.6. The summed E-state index contributed by atoms with van der Waals surface area (Å²) >= 11 is 1.80. The van der Waals surface area contributed by atoms with Gasteiger partial charge in [0.2, 0.25) is 0 Å². The van der Waals surface area contributed by atoms with Crippen molar-refractivity contribution in [3.05, 3.63) is 34.0 Å². The number of thiophene rings is 1. The minimum Gasteiger partial charge on any atom is -0.391 e. The maximum Gasteiger partial charge on any atom is 0.0744 e. The molecule has 0 aromatic carbocycles. The number of aliphatic hydroxyl groups excluding tert-OH is 1. The van der Waals surface area contributed by atoms with Crippen molar-refractivity contribution in [3.63, 3.8) is 0 Å². The molecule has 1 N–H and O–H groups in total. The van der Waals surface area contributed by atoms with E-state index in [1.807, 2.05) is 0 Å². The van der Waals surface area contributed by atoms with Gasteiger partial charge in [-0.3, -0.25) is 4.90 Å². The van der Waals surface area contributed by atoms with Gasteiger partial charge in [-0.25, -0.2) is 0 Å². The van der Waals surface area contributed by atoms with Gasteiger partial charge in [-0.15, -0.1) is 11.3 Å². The Balaban J connectivity index is 1.67. The van der Waals surface area contributed by atoms with E-state index in [1.54, 1.807) is 11.3 Å². The highest BCUT2D eigenvalue weighted by atomic mass is 32.1. The predicted molar refractivity (Wildman–Crippen MR) is 76.2 cm³/mol. The maximum atomic E-state index is 10.4. The summed E-state index contributed by atoms with van der Waals surface area (Å²) in [6.45, 7) is 4.13. The Bertz CT molecular complexity index is 431. The summed E-state index contributed by atoms with van der Waals surface area (Å²) < 4.78 is 0. The highest BCUT2D eigenvalue weighted by molar-refractivity contribution is 7.10. The van der Waals surface area contributed by atoms with Crippen molar-refractivity contribution >= 4 is 11.3 Å². The largest absolute Gasteiger partial charge is 0.391 e. The van der Waals surface area contributed by atoms with Gasteiger partial charge in [0.05, 0.1) is 6.10 Å². The van der Waals surface area contributed by atoms with Crippen molar-refractivity contribution in [3.8, 4) is 0 Å². The predicted octanol–water partition coefficient (Wildman–Crippen LogP) is 2.93. The smallest absolute Gasteiger partial charge is 0.0744 e. The van der Waals surface area contributed by atoms with Crippen molar-refractivity contribution in [1.82, 2.24) is 4.90 Å². The van der Waals surface area contributed by atoms with Crippen LogP contribution in [-0.4, -0.2) is 35.2 Å². The van der Waals surface area contributed by atoms with Gasteiger partial charge in [0.1, 0.15) is 0 Å². The molecule has 0 amide bonds. The molecule has 0 radical (unpaired) electrons. The second-order valence-electron chi connectivity index (χ2n) is 5.52. The minimum absolute atomic E-state index is 0.198. The number of aliphatic hydroxyl groups is 1. The standard InChI is InChI=1S/C15H21NOS/c1-11-7-9-18-15(11)13-6-8-16(10-14(13)17)12-4-2-3-5-12/h2-3,7,9,12-14,17H,4-6,8,10H2,1H3/t13-,14-/m1/s1. The average molecular weight is 263 g/mol. The number of hydrogen-bond acceptors (Lipinski definition) is 3. The average Bonchev–Trinajstić information content (AvgIpc) is 3.00. The fourth-order valence-corrected chi connectivity index (χ4v) is 4.38. The fourth-order valence-electron chi connectivity index (χ4n) is 3.26. The molecule has 0 saturated carbocycles. The Labute approximate surface area is 113 Å². The number of likely N-dealkylation sites (tertiary alicyclic amines) is 1. The molecule has 1 aromatic rings. The lowest BCUT2D eigenvalue weighted by Gasteiger charge is -2.39. The van der Waals surface area contributed by atoms with Crippen molar-refractivity contribution in [2.24, 2.45) is 0 Å². The number of nitrogens with zero attached hydrogens (tertiary/aromatic N) is 1. The number of aryl methyl sites for hydroxylation is 1. The Morgan fingerprint density at radius 3 is 2.72 bits per heavy atom. The van der Waals surface area contributed by atoms with Crippen LogP contribution >= 0.6 is 11.3 Å². The number of rotatable bonds is 2. The molecular weight excluding hydrogens is 242 g/mol. The number of piperidine rings is 1. The first-order chi connectivity index (χ1) is 8.75. The molecule has 2 nitrogen and oxygen atoms in total. The van der Waals surface area contributed by atoms with Crippen LogP contribution in [0.15, 0.2) is 23.6 Å². The molecule has 2 heterocycles. The van der Waals surface area contributed by atoms with E-state index < -0.39 is 0 Å². The number of hydrogen-bond donors (Lipinski definition) is 1. The molecule has 1 saturated heterocycles. The Kier molecular flexibility index (Phi) is 3.55. The van der Waals surface area contributed by atoms with Gasteiger partial charge in [0.25, 0.3) is 0 Å². The van der Waals surface area contributed by atoms with Gasteiger partial charge in [-0.2, -0.15) is 0 Å². The van der Waals surface area contributed by atoms with Crippen LogP contribution < -0.4 is 0 Å². The number of β-amino-alcohol motifs (C(OH)–C–C–N with tert-alkyl or cyclic N) is 1. The van der Waals surface area contributed by atoms with Gasteiger partial charge in [-0.1, -0.05) is 12.2 Å². The van der Waals surface area contributed by atoms with Crippen LogP contribution in [0.2, 0.25) is 0 Å². The molecule has 1 aromatic heterocycles. The fraction of sp³-hybridized carbons (Fsp3) is 0.600. The third kappa shape index (κ3) is 2.27. The van der Waals surface area contributed by atoms with Crippen molar-refractivity contribution < 1.29 is 5.11 Å². The van der Waals surface area contributed by atoms with Gasteiger partial charge in [-0.05, 0) is 49.7 Å². The van der Waals surface area contributed by atoms with Crippen LogP contribution in [-0.2, 0) is 0 Å². The molecular formula is C15H21NOS. The summed E-state index contributed by atoms with van der Waals surface area (Å²) in [4.78, 5) is 3.87. The molecule has 18 heavy (non-hydrogen) atoms. The van der Waals surface area contributed by atoms with Crippen LogP contribution in [0.3, 0.4) is 0 Å². The lowest BCUT2D eigenvalue weighted by Crippen LogP contribution is -2.46. The van der Waals surface area contributed by atoms with E-state index in [0.29, 0.717) is 12.0 Å². The zero-order valence-electron chi connectivity index (χ0n) is 10.9. The van der Waals surface area contributed by atoms with Crippen LogP contribution in [0.25, 0.3) is 0 Å². The van der Waals surface area contributed by atoms with Crippen LogP contribution in [0, 0.1) is 6.92 Å². The molecule has 1 aliphatic carbocycles. The molecule has 2 aliphatic rings. The van der Waals surface area contributed by atoms with Crippen molar-refractivity contribution in [1.29, 1.82) is 0 Å². The molecule has 1 aliphatic heterocycles. The molecule has 2 atom stereocenters. The summed E-state index contributed by atoms with van der Waals surface area (Å²) in [5.41, 5.74) is 1.35. The first-order valence-electron chi connectivity index (χ1n) is 6.87. The quantitative estimate of drug-likeness (QED) is 0.829. The molecule has 0 bridgehead atoms. The normalized spacial score (nSPS) is 30.1. The van der Waals surface area contributed by atoms with Crippen molar-refractivity contribution in [2.75, 3.05) is 13.1 Å². The molecule has 3 rings (SSSR count). The summed E-state index contributed by atoms with van der Waals surface area (Å²) in [6, 6.07) is 2.81. The molecule has 3 heteroatoms. The van der Waals surface area contributed by atoms with E-state index >= 15 is 0 Å². The zero-order valence-corrected chi connectivity index (χ0v) is 11.7. The Morgan fingerprint density at radius 1 is 1.33 bits per heavy atom. The maximum absolute atomic E-state index is 10.4. The Hall–Kier alpha value is -0.640. The van der Waals surface area contributed by atoms with Crippen LogP contribution in [0.5, 0.6) is 0 Å². The first kappa shape index (κ1) is 12.4. The second kappa shape index (κ2) is 5.16. The Morgan fingerprint density at radius 2 is 2.11 bits per heavy atom. The van der Waals surface area contributed by atoms with E-state index in [4.69, 9.17) is 0 Å². The molecule has 0 unspecified atom stereocenters. The molecule has 1 fully saturated rings. The summed E-state index contributed by atoms with van der Waals surface area (Å²) in [7, 11) is 0. The topological polar surface area (TPSA) is 23.5 Å². The van der Waals surface area contributed by atoms with Gasteiger partial charge >= 0.3 is 0 Å². The molecule has 0 spiro atoms.